The molecule has 0 saturated carbocycles. The molecule has 28 heavy (non-hydrogen) atoms. The summed E-state index contributed by atoms with van der Waals surface area (Å²) in [5.41, 5.74) is 2.65. The van der Waals surface area contributed by atoms with E-state index in [0.717, 1.165) is 26.1 Å². The molecule has 0 spiro atoms. The molecule has 6 nitrogen and oxygen atoms in total. The SMILES string of the molecule is CCCN(CC(=O)O)CC(=O)N1CCN(Cc2ccc(C(C)C)cc2)CC1.Cl. The Morgan fingerprint density at radius 1 is 1.07 bits per heavy atom. The van der Waals surface area contributed by atoms with Gasteiger partial charge in [0.25, 0.3) is 0 Å². The number of hydrogen-bond donors (Lipinski definition) is 1. The lowest BCUT2D eigenvalue weighted by molar-refractivity contribution is -0.140. The Kier molecular flexibility index (Phi) is 10.5. The minimum atomic E-state index is -0.885. The molecule has 1 aliphatic heterocycles. The van der Waals surface area contributed by atoms with Gasteiger partial charge in [-0.25, -0.2) is 0 Å². The van der Waals surface area contributed by atoms with Gasteiger partial charge in [-0.1, -0.05) is 45.0 Å². The summed E-state index contributed by atoms with van der Waals surface area (Å²) >= 11 is 0. The number of carboxylic acid groups (broad SMARTS) is 1. The summed E-state index contributed by atoms with van der Waals surface area (Å²) in [5.74, 6) is -0.308. The smallest absolute Gasteiger partial charge is 0.317 e. The van der Waals surface area contributed by atoms with Crippen LogP contribution in [0.25, 0.3) is 0 Å². The second-order valence-corrected chi connectivity index (χ2v) is 7.66. The standard InChI is InChI=1S/C21H33N3O3.ClH/c1-4-9-23(16-21(26)27)15-20(25)24-12-10-22(11-13-24)14-18-5-7-19(8-6-18)17(2)3;/h5-8,17H,4,9-16H2,1-3H3,(H,26,27);1H. The predicted molar refractivity (Wildman–Crippen MR) is 114 cm³/mol. The monoisotopic (exact) mass is 411 g/mol. The third-order valence-electron chi connectivity index (χ3n) is 5.04. The molecule has 1 aromatic rings. The van der Waals surface area contributed by atoms with Crippen LogP contribution in [0.2, 0.25) is 0 Å². The third kappa shape index (κ3) is 7.78. The Morgan fingerprint density at radius 3 is 2.18 bits per heavy atom. The number of carbonyl (C=O) groups is 2. The highest BCUT2D eigenvalue weighted by Crippen LogP contribution is 2.16. The largest absolute Gasteiger partial charge is 0.480 e. The first kappa shape index (κ1) is 24.4. The Bertz CT molecular complexity index is 614. The molecule has 1 aliphatic rings. The van der Waals surface area contributed by atoms with Crippen LogP contribution in [-0.4, -0.2) is 77.5 Å². The van der Waals surface area contributed by atoms with E-state index in [1.165, 1.54) is 11.1 Å². The average molecular weight is 412 g/mol. The van der Waals surface area contributed by atoms with Crippen molar-refractivity contribution in [2.24, 2.45) is 0 Å². The number of piperazine rings is 1. The zero-order chi connectivity index (χ0) is 19.8. The molecule has 0 atom stereocenters. The van der Waals surface area contributed by atoms with Crippen LogP contribution in [0.4, 0.5) is 0 Å². The van der Waals surface area contributed by atoms with Crippen molar-refractivity contribution in [3.05, 3.63) is 35.4 Å². The third-order valence-corrected chi connectivity index (χ3v) is 5.04. The summed E-state index contributed by atoms with van der Waals surface area (Å²) in [4.78, 5) is 29.4. The fraction of sp³-hybridized carbons (Fsp3) is 0.619. The number of nitrogens with zero attached hydrogens (tertiary/aromatic N) is 3. The Morgan fingerprint density at radius 2 is 1.68 bits per heavy atom. The van der Waals surface area contributed by atoms with Crippen LogP contribution in [0.15, 0.2) is 24.3 Å². The quantitative estimate of drug-likeness (QED) is 0.676. The highest BCUT2D eigenvalue weighted by molar-refractivity contribution is 5.85. The van der Waals surface area contributed by atoms with E-state index >= 15 is 0 Å². The average Bonchev–Trinajstić information content (AvgIpc) is 2.62. The molecule has 0 aromatic heterocycles. The molecular weight excluding hydrogens is 378 g/mol. The Balaban J connectivity index is 0.00000392. The molecule has 1 fully saturated rings. The summed E-state index contributed by atoms with van der Waals surface area (Å²) in [5, 5.41) is 8.98. The van der Waals surface area contributed by atoms with Crippen molar-refractivity contribution in [3.8, 4) is 0 Å². The summed E-state index contributed by atoms with van der Waals surface area (Å²) in [6.45, 7) is 11.1. The molecule has 1 saturated heterocycles. The maximum atomic E-state index is 12.5. The van der Waals surface area contributed by atoms with E-state index in [4.69, 9.17) is 5.11 Å². The molecule has 1 amide bonds. The fourth-order valence-corrected chi connectivity index (χ4v) is 3.43. The first-order valence-corrected chi connectivity index (χ1v) is 9.92. The molecular formula is C21H34ClN3O3. The summed E-state index contributed by atoms with van der Waals surface area (Å²) in [6, 6.07) is 8.79. The molecule has 2 rings (SSSR count). The van der Waals surface area contributed by atoms with E-state index in [1.807, 2.05) is 11.8 Å². The molecule has 0 aliphatic carbocycles. The fourth-order valence-electron chi connectivity index (χ4n) is 3.43. The number of halogens is 1. The van der Waals surface area contributed by atoms with E-state index in [-0.39, 0.29) is 31.4 Å². The molecule has 0 unspecified atom stereocenters. The zero-order valence-electron chi connectivity index (χ0n) is 17.3. The number of benzene rings is 1. The van der Waals surface area contributed by atoms with E-state index < -0.39 is 5.97 Å². The van der Waals surface area contributed by atoms with Crippen LogP contribution in [0.1, 0.15) is 44.2 Å². The zero-order valence-corrected chi connectivity index (χ0v) is 18.1. The molecule has 1 heterocycles. The van der Waals surface area contributed by atoms with Gasteiger partial charge in [-0.15, -0.1) is 12.4 Å². The minimum Gasteiger partial charge on any atom is -0.480 e. The van der Waals surface area contributed by atoms with Crippen molar-refractivity contribution >= 4 is 24.3 Å². The first-order valence-electron chi connectivity index (χ1n) is 9.92. The van der Waals surface area contributed by atoms with Crippen molar-refractivity contribution in [1.29, 1.82) is 0 Å². The van der Waals surface area contributed by atoms with Gasteiger partial charge in [-0.2, -0.15) is 0 Å². The lowest BCUT2D eigenvalue weighted by Gasteiger charge is -2.35. The molecule has 0 bridgehead atoms. The van der Waals surface area contributed by atoms with Gasteiger partial charge in [0.15, 0.2) is 0 Å². The van der Waals surface area contributed by atoms with Gasteiger partial charge in [0, 0.05) is 32.7 Å². The van der Waals surface area contributed by atoms with Crippen molar-refractivity contribution in [3.63, 3.8) is 0 Å². The second-order valence-electron chi connectivity index (χ2n) is 7.66. The first-order chi connectivity index (χ1) is 12.9. The number of amides is 1. The Hall–Kier alpha value is -1.63. The maximum Gasteiger partial charge on any atom is 0.317 e. The van der Waals surface area contributed by atoms with Crippen LogP contribution >= 0.6 is 12.4 Å². The summed E-state index contributed by atoms with van der Waals surface area (Å²) in [7, 11) is 0. The molecule has 1 N–H and O–H groups in total. The van der Waals surface area contributed by atoms with Crippen LogP contribution in [0.3, 0.4) is 0 Å². The number of carbonyl (C=O) groups excluding carboxylic acids is 1. The van der Waals surface area contributed by atoms with Crippen molar-refractivity contribution in [1.82, 2.24) is 14.7 Å². The van der Waals surface area contributed by atoms with E-state index in [0.29, 0.717) is 25.6 Å². The number of carboxylic acids is 1. The highest BCUT2D eigenvalue weighted by Gasteiger charge is 2.23. The van der Waals surface area contributed by atoms with Crippen LogP contribution < -0.4 is 0 Å². The number of hydrogen-bond acceptors (Lipinski definition) is 4. The molecule has 158 valence electrons. The lowest BCUT2D eigenvalue weighted by atomic mass is 10.0. The van der Waals surface area contributed by atoms with E-state index in [1.54, 1.807) is 4.90 Å². The van der Waals surface area contributed by atoms with Crippen LogP contribution in [0.5, 0.6) is 0 Å². The second kappa shape index (κ2) is 12.0. The van der Waals surface area contributed by atoms with Gasteiger partial charge in [0.1, 0.15) is 0 Å². The topological polar surface area (TPSA) is 64.1 Å². The Labute approximate surface area is 174 Å². The molecule has 1 aromatic carbocycles. The number of aliphatic carboxylic acids is 1. The van der Waals surface area contributed by atoms with Gasteiger partial charge in [0.05, 0.1) is 13.1 Å². The number of rotatable bonds is 9. The maximum absolute atomic E-state index is 12.5. The van der Waals surface area contributed by atoms with Crippen LogP contribution in [0, 0.1) is 0 Å². The van der Waals surface area contributed by atoms with Gasteiger partial charge < -0.3 is 10.0 Å². The summed E-state index contributed by atoms with van der Waals surface area (Å²) < 4.78 is 0. The van der Waals surface area contributed by atoms with E-state index in [9.17, 15) is 9.59 Å². The van der Waals surface area contributed by atoms with Gasteiger partial charge in [-0.3, -0.25) is 19.4 Å². The minimum absolute atomic E-state index is 0. The van der Waals surface area contributed by atoms with Crippen molar-refractivity contribution in [2.75, 3.05) is 45.8 Å². The predicted octanol–water partition coefficient (Wildman–Crippen LogP) is 2.67. The van der Waals surface area contributed by atoms with Gasteiger partial charge in [-0.05, 0) is 30.0 Å². The normalized spacial score (nSPS) is 15.0. The van der Waals surface area contributed by atoms with E-state index in [2.05, 4.69) is 43.0 Å². The molecule has 0 radical (unpaired) electrons. The molecule has 7 heteroatoms. The lowest BCUT2D eigenvalue weighted by Crippen LogP contribution is -2.51. The highest BCUT2D eigenvalue weighted by atomic mass is 35.5. The van der Waals surface area contributed by atoms with Crippen molar-refractivity contribution in [2.45, 2.75) is 39.7 Å². The van der Waals surface area contributed by atoms with Gasteiger partial charge in [0.2, 0.25) is 5.91 Å². The van der Waals surface area contributed by atoms with Crippen molar-refractivity contribution < 1.29 is 14.7 Å². The summed E-state index contributed by atoms with van der Waals surface area (Å²) in [6.07, 6.45) is 0.837. The van der Waals surface area contributed by atoms with Gasteiger partial charge >= 0.3 is 5.97 Å². The van der Waals surface area contributed by atoms with Crippen LogP contribution in [-0.2, 0) is 16.1 Å².